The highest BCUT2D eigenvalue weighted by Gasteiger charge is 2.34. The zero-order chi connectivity index (χ0) is 16.4. The van der Waals surface area contributed by atoms with Crippen molar-refractivity contribution in [1.29, 1.82) is 0 Å². The van der Waals surface area contributed by atoms with Gasteiger partial charge in [0.1, 0.15) is 5.75 Å². The number of carbonyl (C=O) groups excluding carboxylic acids is 1. The number of benzene rings is 1. The molecule has 1 aromatic carbocycles. The van der Waals surface area contributed by atoms with E-state index >= 15 is 0 Å². The van der Waals surface area contributed by atoms with Crippen molar-refractivity contribution in [1.82, 2.24) is 10.2 Å². The van der Waals surface area contributed by atoms with Crippen molar-refractivity contribution in [3.63, 3.8) is 0 Å². The number of alkyl halides is 3. The number of hydrogen-bond acceptors (Lipinski definition) is 3. The van der Waals surface area contributed by atoms with Gasteiger partial charge in [-0.15, -0.1) is 0 Å². The van der Waals surface area contributed by atoms with Gasteiger partial charge < -0.3 is 10.1 Å². The lowest BCUT2D eigenvalue weighted by molar-refractivity contribution is -0.137. The lowest BCUT2D eigenvalue weighted by Crippen LogP contribution is -2.39. The Morgan fingerprint density at radius 1 is 1.22 bits per heavy atom. The first kappa shape index (κ1) is 16.1. The van der Waals surface area contributed by atoms with E-state index in [-0.39, 0.29) is 24.3 Å². The van der Waals surface area contributed by atoms with E-state index in [0.29, 0.717) is 6.04 Å². The zero-order valence-corrected chi connectivity index (χ0v) is 12.6. The van der Waals surface area contributed by atoms with Crippen LogP contribution >= 0.6 is 0 Å². The van der Waals surface area contributed by atoms with Crippen LogP contribution in [-0.4, -0.2) is 42.6 Å². The molecule has 0 bridgehead atoms. The predicted molar refractivity (Wildman–Crippen MR) is 78.1 cm³/mol. The third-order valence-corrected chi connectivity index (χ3v) is 4.20. The number of halogens is 3. The summed E-state index contributed by atoms with van der Waals surface area (Å²) in [6.07, 6.45) is -0.941. The first-order valence-corrected chi connectivity index (χ1v) is 7.75. The van der Waals surface area contributed by atoms with Gasteiger partial charge in [0.05, 0.1) is 5.56 Å². The van der Waals surface area contributed by atoms with Crippen molar-refractivity contribution < 1.29 is 22.7 Å². The van der Waals surface area contributed by atoms with Crippen LogP contribution in [0.1, 0.15) is 24.8 Å². The molecule has 1 aromatic rings. The summed E-state index contributed by atoms with van der Waals surface area (Å²) in [5.74, 6) is 0.00623. The first-order chi connectivity index (χ1) is 10.9. The van der Waals surface area contributed by atoms with Crippen molar-refractivity contribution in [2.24, 2.45) is 0 Å². The quantitative estimate of drug-likeness (QED) is 0.903. The zero-order valence-electron chi connectivity index (χ0n) is 12.6. The maximum absolute atomic E-state index is 12.4. The SMILES string of the molecule is O=C(COc1ccc(C(F)(F)F)cc1)N[C@@H]1CCN(C2CC2)C1. The van der Waals surface area contributed by atoms with Crippen molar-refractivity contribution in [3.8, 4) is 5.75 Å². The minimum Gasteiger partial charge on any atom is -0.484 e. The Balaban J connectivity index is 1.42. The number of carbonyl (C=O) groups is 1. The maximum atomic E-state index is 12.4. The van der Waals surface area contributed by atoms with Gasteiger partial charge in [0.25, 0.3) is 5.91 Å². The molecule has 7 heteroatoms. The molecule has 0 radical (unpaired) electrons. The molecule has 2 fully saturated rings. The molecule has 1 N–H and O–H groups in total. The number of ether oxygens (including phenoxy) is 1. The van der Waals surface area contributed by atoms with Gasteiger partial charge in [-0.05, 0) is 43.5 Å². The molecular weight excluding hydrogens is 309 g/mol. The smallest absolute Gasteiger partial charge is 0.416 e. The molecule has 1 atom stereocenters. The molecular formula is C16H19F3N2O2. The molecule has 3 rings (SSSR count). The Morgan fingerprint density at radius 2 is 1.91 bits per heavy atom. The van der Waals surface area contributed by atoms with Crippen LogP contribution in [0.5, 0.6) is 5.75 Å². The highest BCUT2D eigenvalue weighted by atomic mass is 19.4. The average Bonchev–Trinajstić information content (AvgIpc) is 3.25. The van der Waals surface area contributed by atoms with Crippen LogP contribution in [-0.2, 0) is 11.0 Å². The van der Waals surface area contributed by atoms with Gasteiger partial charge in [-0.3, -0.25) is 9.69 Å². The molecule has 1 saturated carbocycles. The predicted octanol–water partition coefficient (Wildman–Crippen LogP) is 2.44. The second-order valence-corrected chi connectivity index (χ2v) is 6.09. The molecule has 0 unspecified atom stereocenters. The van der Waals surface area contributed by atoms with E-state index in [9.17, 15) is 18.0 Å². The van der Waals surface area contributed by atoms with Crippen LogP contribution in [0.25, 0.3) is 0 Å². The fourth-order valence-corrected chi connectivity index (χ4v) is 2.83. The standard InChI is InChI=1S/C16H19F3N2O2/c17-16(18,19)11-1-5-14(6-2-11)23-10-15(22)20-12-7-8-21(9-12)13-3-4-13/h1-2,5-6,12-13H,3-4,7-10H2,(H,20,22)/t12-/m1/s1. The number of amides is 1. The number of hydrogen-bond donors (Lipinski definition) is 1. The largest absolute Gasteiger partial charge is 0.484 e. The van der Waals surface area contributed by atoms with Crippen LogP contribution in [0.3, 0.4) is 0 Å². The van der Waals surface area contributed by atoms with Crippen LogP contribution in [0, 0.1) is 0 Å². The third-order valence-electron chi connectivity index (χ3n) is 4.20. The molecule has 2 aliphatic rings. The van der Waals surface area contributed by atoms with E-state index in [0.717, 1.165) is 31.6 Å². The minimum absolute atomic E-state index is 0.138. The van der Waals surface area contributed by atoms with Crippen molar-refractivity contribution >= 4 is 5.91 Å². The molecule has 1 heterocycles. The van der Waals surface area contributed by atoms with Crippen LogP contribution < -0.4 is 10.1 Å². The number of nitrogens with zero attached hydrogens (tertiary/aromatic N) is 1. The fourth-order valence-electron chi connectivity index (χ4n) is 2.83. The second-order valence-electron chi connectivity index (χ2n) is 6.09. The topological polar surface area (TPSA) is 41.6 Å². The van der Waals surface area contributed by atoms with Gasteiger partial charge >= 0.3 is 6.18 Å². The van der Waals surface area contributed by atoms with Crippen molar-refractivity contribution in [3.05, 3.63) is 29.8 Å². The van der Waals surface area contributed by atoms with Crippen molar-refractivity contribution in [2.45, 2.75) is 37.5 Å². The molecule has 23 heavy (non-hydrogen) atoms. The molecule has 1 aliphatic heterocycles. The van der Waals surface area contributed by atoms with Gasteiger partial charge in [0.2, 0.25) is 0 Å². The summed E-state index contributed by atoms with van der Waals surface area (Å²) in [6, 6.07) is 5.16. The highest BCUT2D eigenvalue weighted by Crippen LogP contribution is 2.30. The van der Waals surface area contributed by atoms with E-state index < -0.39 is 11.7 Å². The summed E-state index contributed by atoms with van der Waals surface area (Å²) < 4.78 is 42.6. The highest BCUT2D eigenvalue weighted by molar-refractivity contribution is 5.77. The summed E-state index contributed by atoms with van der Waals surface area (Å²) in [5.41, 5.74) is -0.736. The van der Waals surface area contributed by atoms with Crippen LogP contribution in [0.15, 0.2) is 24.3 Å². The molecule has 1 saturated heterocycles. The van der Waals surface area contributed by atoms with Gasteiger partial charge in [-0.25, -0.2) is 0 Å². The average molecular weight is 328 g/mol. The van der Waals surface area contributed by atoms with Gasteiger partial charge in [0, 0.05) is 25.2 Å². The summed E-state index contributed by atoms with van der Waals surface area (Å²) in [6.45, 7) is 1.69. The molecule has 1 aliphatic carbocycles. The van der Waals surface area contributed by atoms with Crippen LogP contribution in [0.2, 0.25) is 0 Å². The van der Waals surface area contributed by atoms with E-state index in [1.54, 1.807) is 0 Å². The monoisotopic (exact) mass is 328 g/mol. The second kappa shape index (κ2) is 6.39. The normalized spacial score (nSPS) is 22.1. The summed E-state index contributed by atoms with van der Waals surface area (Å²) in [4.78, 5) is 14.2. The summed E-state index contributed by atoms with van der Waals surface area (Å²) in [5, 5.41) is 2.91. The molecule has 1 amide bonds. The minimum atomic E-state index is -4.37. The number of nitrogens with one attached hydrogen (secondary N) is 1. The lowest BCUT2D eigenvalue weighted by atomic mass is 10.2. The van der Waals surface area contributed by atoms with Crippen LogP contribution in [0.4, 0.5) is 13.2 Å². The fraction of sp³-hybridized carbons (Fsp3) is 0.562. The third kappa shape index (κ3) is 4.37. The van der Waals surface area contributed by atoms with Gasteiger partial charge in [-0.2, -0.15) is 13.2 Å². The Bertz CT molecular complexity index is 555. The number of rotatable bonds is 5. The Hall–Kier alpha value is -1.76. The lowest BCUT2D eigenvalue weighted by Gasteiger charge is -2.16. The molecule has 0 spiro atoms. The molecule has 4 nitrogen and oxygen atoms in total. The first-order valence-electron chi connectivity index (χ1n) is 7.75. The molecule has 0 aromatic heterocycles. The maximum Gasteiger partial charge on any atom is 0.416 e. The summed E-state index contributed by atoms with van der Waals surface area (Å²) in [7, 11) is 0. The van der Waals surface area contributed by atoms with Gasteiger partial charge in [-0.1, -0.05) is 0 Å². The van der Waals surface area contributed by atoms with E-state index in [4.69, 9.17) is 4.74 Å². The Morgan fingerprint density at radius 3 is 2.52 bits per heavy atom. The summed E-state index contributed by atoms with van der Waals surface area (Å²) >= 11 is 0. The number of likely N-dealkylation sites (tertiary alicyclic amines) is 1. The van der Waals surface area contributed by atoms with E-state index in [1.807, 2.05) is 0 Å². The van der Waals surface area contributed by atoms with Crippen molar-refractivity contribution in [2.75, 3.05) is 19.7 Å². The Kier molecular flexibility index (Phi) is 4.48. The molecule has 126 valence electrons. The Labute approximate surface area is 132 Å². The van der Waals surface area contributed by atoms with Gasteiger partial charge in [0.15, 0.2) is 6.61 Å². The van der Waals surface area contributed by atoms with E-state index in [2.05, 4.69) is 10.2 Å². The van der Waals surface area contributed by atoms with E-state index in [1.165, 1.54) is 25.0 Å².